The van der Waals surface area contributed by atoms with Gasteiger partial charge in [0.05, 0.1) is 0 Å². The Balaban J connectivity index is 2.20. The van der Waals surface area contributed by atoms with E-state index in [1.807, 2.05) is 30.3 Å². The van der Waals surface area contributed by atoms with Crippen LogP contribution in [0.4, 0.5) is 0 Å². The zero-order valence-electron chi connectivity index (χ0n) is 9.71. The largest absolute Gasteiger partial charge is 0.544 e. The lowest BCUT2D eigenvalue weighted by Crippen LogP contribution is -2.61. The van der Waals surface area contributed by atoms with Crippen LogP contribution in [0.1, 0.15) is 11.6 Å². The maximum Gasteiger partial charge on any atom is 0.150 e. The van der Waals surface area contributed by atoms with E-state index in [-0.39, 0.29) is 0 Å². The number of carbonyl (C=O) groups is 1. The summed E-state index contributed by atoms with van der Waals surface area (Å²) in [5.41, 5.74) is 4.10. The Morgan fingerprint density at radius 2 is 1.72 bits per heavy atom. The average Bonchev–Trinajstić information content (AvgIpc) is 2.39. The molecule has 0 amide bonds. The van der Waals surface area contributed by atoms with Gasteiger partial charge in [0.1, 0.15) is 17.5 Å². The number of aliphatic carboxylic acids is 1. The SMILES string of the molecule is [NH3+][C@@H](C(=O)[O-])c1cccc(Oc2ccccc2)c1. The van der Waals surface area contributed by atoms with E-state index < -0.39 is 12.0 Å². The van der Waals surface area contributed by atoms with E-state index in [4.69, 9.17) is 4.74 Å². The minimum atomic E-state index is -1.20. The molecule has 0 bridgehead atoms. The molecule has 0 unspecified atom stereocenters. The van der Waals surface area contributed by atoms with Crippen LogP contribution in [0.3, 0.4) is 0 Å². The lowest BCUT2D eigenvalue weighted by atomic mass is 10.1. The van der Waals surface area contributed by atoms with Crippen LogP contribution in [0.5, 0.6) is 11.5 Å². The van der Waals surface area contributed by atoms with Crippen molar-refractivity contribution in [1.29, 1.82) is 0 Å². The molecule has 0 spiro atoms. The predicted octanol–water partition coefficient (Wildman–Crippen LogP) is 0.512. The Labute approximate surface area is 105 Å². The van der Waals surface area contributed by atoms with Crippen molar-refractivity contribution in [1.82, 2.24) is 0 Å². The summed E-state index contributed by atoms with van der Waals surface area (Å²) < 4.78 is 5.61. The monoisotopic (exact) mass is 243 g/mol. The summed E-state index contributed by atoms with van der Waals surface area (Å²) in [6.45, 7) is 0. The second-order valence-electron chi connectivity index (χ2n) is 3.86. The van der Waals surface area contributed by atoms with Crippen molar-refractivity contribution < 1.29 is 20.4 Å². The minimum Gasteiger partial charge on any atom is -0.544 e. The molecule has 0 aliphatic heterocycles. The minimum absolute atomic E-state index is 0.559. The molecule has 2 aromatic rings. The van der Waals surface area contributed by atoms with Crippen LogP contribution in [0.15, 0.2) is 54.6 Å². The third-order valence-electron chi connectivity index (χ3n) is 2.52. The quantitative estimate of drug-likeness (QED) is 0.850. The van der Waals surface area contributed by atoms with Gasteiger partial charge >= 0.3 is 0 Å². The number of rotatable bonds is 4. The van der Waals surface area contributed by atoms with Crippen LogP contribution in [-0.2, 0) is 4.79 Å². The maximum atomic E-state index is 10.8. The first-order chi connectivity index (χ1) is 8.66. The maximum absolute atomic E-state index is 10.8. The van der Waals surface area contributed by atoms with E-state index >= 15 is 0 Å². The topological polar surface area (TPSA) is 77.0 Å². The fraction of sp³-hybridized carbons (Fsp3) is 0.0714. The van der Waals surface area contributed by atoms with E-state index in [0.717, 1.165) is 0 Å². The second kappa shape index (κ2) is 5.33. The van der Waals surface area contributed by atoms with Crippen molar-refractivity contribution in [3.8, 4) is 11.5 Å². The Morgan fingerprint density at radius 3 is 2.39 bits per heavy atom. The Hall–Kier alpha value is -2.33. The van der Waals surface area contributed by atoms with Gasteiger partial charge in [0.2, 0.25) is 0 Å². The van der Waals surface area contributed by atoms with E-state index in [1.165, 1.54) is 0 Å². The van der Waals surface area contributed by atoms with Crippen molar-refractivity contribution in [3.05, 3.63) is 60.2 Å². The number of carboxylic acid groups (broad SMARTS) is 1. The number of quaternary nitrogens is 1. The molecule has 4 nitrogen and oxygen atoms in total. The molecule has 4 heteroatoms. The molecule has 18 heavy (non-hydrogen) atoms. The molecule has 0 radical (unpaired) electrons. The summed E-state index contributed by atoms with van der Waals surface area (Å²) in [7, 11) is 0. The number of para-hydroxylation sites is 1. The molecule has 3 N–H and O–H groups in total. The number of carboxylic acids is 1. The van der Waals surface area contributed by atoms with E-state index in [0.29, 0.717) is 17.1 Å². The van der Waals surface area contributed by atoms with Crippen LogP contribution in [0.2, 0.25) is 0 Å². The molecule has 0 saturated carbocycles. The average molecular weight is 243 g/mol. The van der Waals surface area contributed by atoms with E-state index in [1.54, 1.807) is 24.3 Å². The summed E-state index contributed by atoms with van der Waals surface area (Å²) in [5.74, 6) is 0.0733. The highest BCUT2D eigenvalue weighted by atomic mass is 16.5. The van der Waals surface area contributed by atoms with Gasteiger partial charge in [-0.2, -0.15) is 0 Å². The van der Waals surface area contributed by atoms with Gasteiger partial charge in [-0.3, -0.25) is 0 Å². The summed E-state index contributed by atoms with van der Waals surface area (Å²) in [4.78, 5) is 10.8. The summed E-state index contributed by atoms with van der Waals surface area (Å²) in [5, 5.41) is 10.8. The molecule has 0 saturated heterocycles. The molecule has 0 aromatic heterocycles. The van der Waals surface area contributed by atoms with Crippen molar-refractivity contribution >= 4 is 5.97 Å². The van der Waals surface area contributed by atoms with Gasteiger partial charge in [-0.1, -0.05) is 30.3 Å². The van der Waals surface area contributed by atoms with Crippen LogP contribution >= 0.6 is 0 Å². The Bertz CT molecular complexity index is 540. The fourth-order valence-electron chi connectivity index (χ4n) is 1.56. The first-order valence-corrected chi connectivity index (χ1v) is 5.53. The summed E-state index contributed by atoms with van der Waals surface area (Å²) in [6, 6.07) is 15.2. The summed E-state index contributed by atoms with van der Waals surface area (Å²) >= 11 is 0. The molecule has 0 aliphatic rings. The van der Waals surface area contributed by atoms with Gasteiger partial charge in [-0.05, 0) is 24.3 Å². The molecule has 0 heterocycles. The van der Waals surface area contributed by atoms with Crippen molar-refractivity contribution in [2.75, 3.05) is 0 Å². The lowest BCUT2D eigenvalue weighted by molar-refractivity contribution is -0.443. The van der Waals surface area contributed by atoms with Gasteiger partial charge in [0.15, 0.2) is 6.04 Å². The van der Waals surface area contributed by atoms with Gasteiger partial charge in [0, 0.05) is 5.56 Å². The van der Waals surface area contributed by atoms with Crippen LogP contribution in [0.25, 0.3) is 0 Å². The Kier molecular flexibility index (Phi) is 3.60. The highest BCUT2D eigenvalue weighted by Crippen LogP contribution is 2.23. The molecular formula is C14H13NO3. The van der Waals surface area contributed by atoms with Gasteiger partial charge in [-0.25, -0.2) is 0 Å². The highest BCUT2D eigenvalue weighted by molar-refractivity contribution is 5.71. The fourth-order valence-corrected chi connectivity index (χ4v) is 1.56. The van der Waals surface area contributed by atoms with Crippen molar-refractivity contribution in [3.63, 3.8) is 0 Å². The first kappa shape index (κ1) is 12.1. The molecule has 92 valence electrons. The number of ether oxygens (including phenoxy) is 1. The predicted molar refractivity (Wildman–Crippen MR) is 63.6 cm³/mol. The normalized spacial score (nSPS) is 11.8. The molecule has 2 rings (SSSR count). The Morgan fingerprint density at radius 1 is 1.06 bits per heavy atom. The standard InChI is InChI=1S/C14H13NO3/c15-13(14(16)17)10-5-4-8-12(9-10)18-11-6-2-1-3-7-11/h1-9,13H,15H2,(H,16,17)/t13-/m1/s1. The van der Waals surface area contributed by atoms with Crippen molar-refractivity contribution in [2.45, 2.75) is 6.04 Å². The lowest BCUT2D eigenvalue weighted by Gasteiger charge is -2.11. The number of hydrogen-bond acceptors (Lipinski definition) is 3. The molecule has 0 fully saturated rings. The van der Waals surface area contributed by atoms with Gasteiger partial charge in [-0.15, -0.1) is 0 Å². The summed E-state index contributed by atoms with van der Waals surface area (Å²) in [6.07, 6.45) is 0. The molecule has 0 aliphatic carbocycles. The molecule has 2 aromatic carbocycles. The van der Waals surface area contributed by atoms with E-state index in [9.17, 15) is 9.90 Å². The number of carbonyl (C=O) groups excluding carboxylic acids is 1. The molecular weight excluding hydrogens is 230 g/mol. The zero-order valence-corrected chi connectivity index (χ0v) is 9.71. The van der Waals surface area contributed by atoms with Crippen LogP contribution in [-0.4, -0.2) is 5.97 Å². The van der Waals surface area contributed by atoms with Gasteiger partial charge in [0.25, 0.3) is 0 Å². The smallest absolute Gasteiger partial charge is 0.150 e. The first-order valence-electron chi connectivity index (χ1n) is 5.53. The van der Waals surface area contributed by atoms with Crippen LogP contribution in [0, 0.1) is 0 Å². The number of benzene rings is 2. The second-order valence-corrected chi connectivity index (χ2v) is 3.86. The highest BCUT2D eigenvalue weighted by Gasteiger charge is 2.11. The third kappa shape index (κ3) is 2.87. The third-order valence-corrected chi connectivity index (χ3v) is 2.52. The van der Waals surface area contributed by atoms with E-state index in [2.05, 4.69) is 5.73 Å². The van der Waals surface area contributed by atoms with Crippen molar-refractivity contribution in [2.24, 2.45) is 0 Å². The molecule has 1 atom stereocenters. The zero-order chi connectivity index (χ0) is 13.0. The van der Waals surface area contributed by atoms with Gasteiger partial charge < -0.3 is 20.4 Å². The van der Waals surface area contributed by atoms with Crippen LogP contribution < -0.4 is 15.6 Å². The number of hydrogen-bond donors (Lipinski definition) is 1.